The molecule has 17 heteroatoms. The van der Waals surface area contributed by atoms with Gasteiger partial charge in [0.1, 0.15) is 13.2 Å². The van der Waals surface area contributed by atoms with E-state index < -0.39 is 5.97 Å². The van der Waals surface area contributed by atoms with Crippen molar-refractivity contribution >= 4 is 17.9 Å². The van der Waals surface area contributed by atoms with E-state index in [9.17, 15) is 14.4 Å². The molecule has 0 amide bonds. The molecular formula is C37H70O17. The molecule has 0 unspecified atom stereocenters. The lowest BCUT2D eigenvalue weighted by Gasteiger charge is -2.09. The molecule has 17 nitrogen and oxygen atoms in total. The molecule has 0 aliphatic heterocycles. The summed E-state index contributed by atoms with van der Waals surface area (Å²) < 4.78 is 70.0. The number of carbonyl (C=O) groups excluding carboxylic acids is 2. The van der Waals surface area contributed by atoms with E-state index in [1.165, 1.54) is 0 Å². The van der Waals surface area contributed by atoms with Crippen molar-refractivity contribution in [3.63, 3.8) is 0 Å². The Morgan fingerprint density at radius 3 is 0.778 bits per heavy atom. The van der Waals surface area contributed by atoms with Gasteiger partial charge in [0.15, 0.2) is 0 Å². The van der Waals surface area contributed by atoms with Crippen LogP contribution in [-0.4, -0.2) is 182 Å². The first-order valence-electron chi connectivity index (χ1n) is 19.4. The standard InChI is InChI=1S/C37H70O17/c1-2-3-4-5-9-36(40)53-33-31-51-29-27-49-25-23-47-21-19-45-17-15-43-13-11-42-12-14-44-16-18-46-20-22-48-24-26-50-28-30-52-32-34-54-37(41)10-7-6-8-35(38)39/h2-34H2,1H3,(H,38,39). The Balaban J connectivity index is 3.12. The molecule has 0 saturated carbocycles. The van der Waals surface area contributed by atoms with Gasteiger partial charge in [-0.15, -0.1) is 0 Å². The van der Waals surface area contributed by atoms with Gasteiger partial charge in [-0.3, -0.25) is 14.4 Å². The highest BCUT2D eigenvalue weighted by atomic mass is 16.6. The van der Waals surface area contributed by atoms with E-state index >= 15 is 0 Å². The molecule has 0 fully saturated rings. The highest BCUT2D eigenvalue weighted by Crippen LogP contribution is 2.03. The van der Waals surface area contributed by atoms with Crippen LogP contribution in [0.4, 0.5) is 0 Å². The van der Waals surface area contributed by atoms with Crippen molar-refractivity contribution < 1.29 is 81.1 Å². The first-order chi connectivity index (χ1) is 26.6. The summed E-state index contributed by atoms with van der Waals surface area (Å²) in [5.74, 6) is -1.38. The summed E-state index contributed by atoms with van der Waals surface area (Å²) >= 11 is 0. The number of aliphatic carboxylic acids is 1. The molecule has 0 aromatic heterocycles. The van der Waals surface area contributed by atoms with Gasteiger partial charge in [0.05, 0.1) is 145 Å². The first-order valence-corrected chi connectivity index (χ1v) is 19.4. The quantitative estimate of drug-likeness (QED) is 0.0699. The Labute approximate surface area is 322 Å². The maximum Gasteiger partial charge on any atom is 0.305 e. The molecule has 0 bridgehead atoms. The zero-order valence-corrected chi connectivity index (χ0v) is 32.8. The van der Waals surface area contributed by atoms with Crippen LogP contribution in [0.2, 0.25) is 0 Å². The van der Waals surface area contributed by atoms with E-state index in [-0.39, 0.29) is 44.6 Å². The predicted molar refractivity (Wildman–Crippen MR) is 196 cm³/mol. The maximum atomic E-state index is 11.6. The van der Waals surface area contributed by atoms with Crippen LogP contribution in [0.15, 0.2) is 0 Å². The average Bonchev–Trinajstić information content (AvgIpc) is 3.16. The fourth-order valence-corrected chi connectivity index (χ4v) is 4.12. The predicted octanol–water partition coefficient (Wildman–Crippen LogP) is 2.87. The number of carboxylic acid groups (broad SMARTS) is 1. The Hall–Kier alpha value is -2.03. The molecule has 0 aliphatic rings. The largest absolute Gasteiger partial charge is 0.481 e. The van der Waals surface area contributed by atoms with Crippen LogP contribution >= 0.6 is 0 Å². The maximum absolute atomic E-state index is 11.6. The molecule has 1 N–H and O–H groups in total. The second-order valence-electron chi connectivity index (χ2n) is 11.6. The van der Waals surface area contributed by atoms with Gasteiger partial charge in [0, 0.05) is 19.3 Å². The van der Waals surface area contributed by atoms with Gasteiger partial charge in [0.25, 0.3) is 0 Å². The van der Waals surface area contributed by atoms with E-state index in [0.717, 1.165) is 25.7 Å². The number of unbranched alkanes of at least 4 members (excludes halogenated alkanes) is 4. The lowest BCUT2D eigenvalue weighted by Crippen LogP contribution is -2.16. The van der Waals surface area contributed by atoms with Crippen LogP contribution in [0.5, 0.6) is 0 Å². The van der Waals surface area contributed by atoms with Crippen LogP contribution < -0.4 is 0 Å². The van der Waals surface area contributed by atoms with E-state index in [0.29, 0.717) is 158 Å². The van der Waals surface area contributed by atoms with Crippen molar-refractivity contribution in [3.05, 3.63) is 0 Å². The number of carbonyl (C=O) groups is 3. The third-order valence-corrected chi connectivity index (χ3v) is 6.96. The Kier molecular flexibility index (Phi) is 43.7. The van der Waals surface area contributed by atoms with Crippen molar-refractivity contribution in [2.45, 2.75) is 64.7 Å². The molecular weight excluding hydrogens is 716 g/mol. The van der Waals surface area contributed by atoms with Crippen LogP contribution in [0.25, 0.3) is 0 Å². The van der Waals surface area contributed by atoms with Gasteiger partial charge in [-0.05, 0) is 19.3 Å². The SMILES string of the molecule is CCCCCCC(=O)OCCOCCOCCOCCOCCOCCOCCOCCOCCOCCOCCOCCOC(=O)CCCCC(=O)O. The molecule has 54 heavy (non-hydrogen) atoms. The minimum Gasteiger partial charge on any atom is -0.481 e. The summed E-state index contributed by atoms with van der Waals surface area (Å²) in [6.07, 6.45) is 5.94. The molecule has 0 radical (unpaired) electrons. The molecule has 0 heterocycles. The van der Waals surface area contributed by atoms with Gasteiger partial charge >= 0.3 is 17.9 Å². The Bertz CT molecular complexity index is 805. The summed E-state index contributed by atoms with van der Waals surface area (Å²) in [5.41, 5.74) is 0. The van der Waals surface area contributed by atoms with E-state index in [1.54, 1.807) is 0 Å². The molecule has 0 rings (SSSR count). The first kappa shape index (κ1) is 52.0. The Morgan fingerprint density at radius 2 is 0.537 bits per heavy atom. The highest BCUT2D eigenvalue weighted by Gasteiger charge is 2.05. The fraction of sp³-hybridized carbons (Fsp3) is 0.919. The number of carboxylic acids is 1. The van der Waals surface area contributed by atoms with Crippen molar-refractivity contribution in [2.75, 3.05) is 159 Å². The molecule has 0 aromatic carbocycles. The van der Waals surface area contributed by atoms with Crippen LogP contribution in [-0.2, 0) is 76.0 Å². The van der Waals surface area contributed by atoms with Crippen LogP contribution in [0.3, 0.4) is 0 Å². The molecule has 0 saturated heterocycles. The lowest BCUT2D eigenvalue weighted by molar-refractivity contribution is -0.146. The number of ether oxygens (including phenoxy) is 13. The average molecular weight is 787 g/mol. The van der Waals surface area contributed by atoms with Gasteiger partial charge in [0.2, 0.25) is 0 Å². The van der Waals surface area contributed by atoms with Crippen molar-refractivity contribution in [1.29, 1.82) is 0 Å². The molecule has 0 atom stereocenters. The third-order valence-electron chi connectivity index (χ3n) is 6.96. The number of rotatable bonds is 46. The number of hydrogen-bond donors (Lipinski definition) is 1. The smallest absolute Gasteiger partial charge is 0.305 e. The molecule has 0 aromatic rings. The van der Waals surface area contributed by atoms with Crippen LogP contribution in [0, 0.1) is 0 Å². The monoisotopic (exact) mass is 786 g/mol. The van der Waals surface area contributed by atoms with Crippen LogP contribution in [0.1, 0.15) is 64.7 Å². The zero-order valence-electron chi connectivity index (χ0n) is 32.8. The van der Waals surface area contributed by atoms with E-state index in [4.69, 9.17) is 66.7 Å². The summed E-state index contributed by atoms with van der Waals surface area (Å²) in [4.78, 5) is 33.5. The second-order valence-corrected chi connectivity index (χ2v) is 11.6. The van der Waals surface area contributed by atoms with E-state index in [2.05, 4.69) is 6.92 Å². The minimum atomic E-state index is -0.866. The zero-order chi connectivity index (χ0) is 39.3. The van der Waals surface area contributed by atoms with E-state index in [1.807, 2.05) is 0 Å². The summed E-state index contributed by atoms with van der Waals surface area (Å²) in [7, 11) is 0. The summed E-state index contributed by atoms with van der Waals surface area (Å²) in [6.45, 7) is 12.4. The Morgan fingerprint density at radius 1 is 0.315 bits per heavy atom. The summed E-state index contributed by atoms with van der Waals surface area (Å²) in [5, 5.41) is 8.56. The highest BCUT2D eigenvalue weighted by molar-refractivity contribution is 5.70. The summed E-state index contributed by atoms with van der Waals surface area (Å²) in [6, 6.07) is 0. The van der Waals surface area contributed by atoms with Gasteiger partial charge < -0.3 is 66.7 Å². The van der Waals surface area contributed by atoms with Crippen molar-refractivity contribution in [3.8, 4) is 0 Å². The van der Waals surface area contributed by atoms with Gasteiger partial charge in [-0.25, -0.2) is 0 Å². The minimum absolute atomic E-state index is 0.0566. The topological polar surface area (TPSA) is 191 Å². The number of hydrogen-bond acceptors (Lipinski definition) is 16. The molecule has 0 spiro atoms. The van der Waals surface area contributed by atoms with Gasteiger partial charge in [-0.2, -0.15) is 0 Å². The molecule has 320 valence electrons. The second kappa shape index (κ2) is 45.4. The van der Waals surface area contributed by atoms with Gasteiger partial charge in [-0.1, -0.05) is 26.2 Å². The lowest BCUT2D eigenvalue weighted by atomic mass is 10.2. The third kappa shape index (κ3) is 46.1. The number of esters is 2. The fourth-order valence-electron chi connectivity index (χ4n) is 4.12. The van der Waals surface area contributed by atoms with Crippen molar-refractivity contribution in [2.24, 2.45) is 0 Å². The molecule has 0 aliphatic carbocycles. The normalized spacial score (nSPS) is 11.3. The van der Waals surface area contributed by atoms with Crippen molar-refractivity contribution in [1.82, 2.24) is 0 Å².